The van der Waals surface area contributed by atoms with Gasteiger partial charge >= 0.3 is 0 Å². The van der Waals surface area contributed by atoms with Crippen molar-refractivity contribution in [3.05, 3.63) is 27.2 Å². The maximum absolute atomic E-state index is 8.85. The van der Waals surface area contributed by atoms with Crippen LogP contribution in [0.5, 0.6) is 5.75 Å². The van der Waals surface area contributed by atoms with Gasteiger partial charge in [0.1, 0.15) is 5.75 Å². The second-order valence-electron chi connectivity index (χ2n) is 2.25. The van der Waals surface area contributed by atoms with Crippen molar-refractivity contribution in [3.63, 3.8) is 0 Å². The van der Waals surface area contributed by atoms with Gasteiger partial charge in [-0.2, -0.15) is 0 Å². The van der Waals surface area contributed by atoms with E-state index in [9.17, 15) is 0 Å². The highest BCUT2D eigenvalue weighted by molar-refractivity contribution is 9.10. The summed E-state index contributed by atoms with van der Waals surface area (Å²) >= 11 is 9.12. The van der Waals surface area contributed by atoms with Crippen molar-refractivity contribution in [2.45, 2.75) is 6.61 Å². The second kappa shape index (κ2) is 4.12. The van der Waals surface area contributed by atoms with Crippen molar-refractivity contribution in [3.8, 4) is 5.75 Å². The summed E-state index contributed by atoms with van der Waals surface area (Å²) < 4.78 is 5.72. The van der Waals surface area contributed by atoms with E-state index in [1.54, 1.807) is 12.1 Å². The average molecular weight is 252 g/mol. The van der Waals surface area contributed by atoms with Crippen LogP contribution in [0.4, 0.5) is 0 Å². The molecule has 0 aliphatic heterocycles. The molecule has 1 rings (SSSR count). The van der Waals surface area contributed by atoms with Gasteiger partial charge < -0.3 is 9.84 Å². The monoisotopic (exact) mass is 250 g/mol. The number of benzene rings is 1. The summed E-state index contributed by atoms with van der Waals surface area (Å²) in [5.41, 5.74) is 0.767. The molecule has 12 heavy (non-hydrogen) atoms. The van der Waals surface area contributed by atoms with Gasteiger partial charge in [0.05, 0.1) is 18.7 Å². The fourth-order valence-electron chi connectivity index (χ4n) is 0.857. The van der Waals surface area contributed by atoms with Crippen LogP contribution in [0.25, 0.3) is 0 Å². The number of methoxy groups -OCH3 is 1. The fraction of sp³-hybridized carbons (Fsp3) is 0.250. The minimum atomic E-state index is -0.0217. The lowest BCUT2D eigenvalue weighted by molar-refractivity contribution is 0.281. The Balaban J connectivity index is 3.19. The zero-order valence-corrected chi connectivity index (χ0v) is 8.82. The zero-order chi connectivity index (χ0) is 9.14. The van der Waals surface area contributed by atoms with Gasteiger partial charge in [-0.3, -0.25) is 0 Å². The van der Waals surface area contributed by atoms with Crippen LogP contribution in [0.1, 0.15) is 5.56 Å². The molecule has 0 fully saturated rings. The van der Waals surface area contributed by atoms with Crippen LogP contribution < -0.4 is 4.74 Å². The van der Waals surface area contributed by atoms with Crippen molar-refractivity contribution in [2.24, 2.45) is 0 Å². The standard InChI is InChI=1S/C8H8BrClO2/c1-12-7-3-5(4-11)2-6(9)8(7)10/h2-3,11H,4H2,1H3. The first-order valence-corrected chi connectivity index (χ1v) is 4.49. The molecular formula is C8H8BrClO2. The molecule has 1 aromatic rings. The quantitative estimate of drug-likeness (QED) is 0.875. The largest absolute Gasteiger partial charge is 0.495 e. The van der Waals surface area contributed by atoms with Gasteiger partial charge in [-0.05, 0) is 33.6 Å². The zero-order valence-electron chi connectivity index (χ0n) is 6.47. The Morgan fingerprint density at radius 2 is 2.25 bits per heavy atom. The molecule has 2 nitrogen and oxygen atoms in total. The summed E-state index contributed by atoms with van der Waals surface area (Å²) in [6.07, 6.45) is 0. The third kappa shape index (κ3) is 1.91. The Labute approximate surface area is 84.2 Å². The van der Waals surface area contributed by atoms with Crippen LogP contribution in [-0.2, 0) is 6.61 Å². The maximum atomic E-state index is 8.85. The van der Waals surface area contributed by atoms with Crippen LogP contribution in [-0.4, -0.2) is 12.2 Å². The molecular weight excluding hydrogens is 243 g/mol. The molecule has 0 aromatic heterocycles. The normalized spacial score (nSPS) is 10.0. The number of aliphatic hydroxyl groups excluding tert-OH is 1. The van der Waals surface area contributed by atoms with Crippen LogP contribution in [0.15, 0.2) is 16.6 Å². The number of rotatable bonds is 2. The summed E-state index contributed by atoms with van der Waals surface area (Å²) in [6.45, 7) is -0.0217. The molecule has 0 radical (unpaired) electrons. The van der Waals surface area contributed by atoms with Crippen LogP contribution in [0.2, 0.25) is 5.02 Å². The molecule has 0 unspecified atom stereocenters. The maximum Gasteiger partial charge on any atom is 0.138 e. The predicted molar refractivity (Wildman–Crippen MR) is 51.6 cm³/mol. The smallest absolute Gasteiger partial charge is 0.138 e. The highest BCUT2D eigenvalue weighted by Crippen LogP contribution is 2.33. The van der Waals surface area contributed by atoms with Crippen molar-refractivity contribution in [1.82, 2.24) is 0 Å². The Morgan fingerprint density at radius 3 is 2.75 bits per heavy atom. The molecule has 66 valence electrons. The van der Waals surface area contributed by atoms with Gasteiger partial charge in [0.15, 0.2) is 0 Å². The van der Waals surface area contributed by atoms with Crippen molar-refractivity contribution in [2.75, 3.05) is 7.11 Å². The molecule has 0 spiro atoms. The minimum absolute atomic E-state index is 0.0217. The molecule has 0 atom stereocenters. The summed E-state index contributed by atoms with van der Waals surface area (Å²) in [6, 6.07) is 3.46. The van der Waals surface area contributed by atoms with E-state index >= 15 is 0 Å². The molecule has 0 saturated carbocycles. The molecule has 0 aliphatic rings. The Hall–Kier alpha value is -0.250. The Bertz CT molecular complexity index is 289. The molecule has 0 amide bonds. The first kappa shape index (κ1) is 9.84. The molecule has 0 aliphatic carbocycles. The van der Waals surface area contributed by atoms with Crippen molar-refractivity contribution in [1.29, 1.82) is 0 Å². The minimum Gasteiger partial charge on any atom is -0.495 e. The van der Waals surface area contributed by atoms with Crippen LogP contribution in [0, 0.1) is 0 Å². The number of ether oxygens (including phenoxy) is 1. The average Bonchev–Trinajstić information content (AvgIpc) is 2.09. The first-order valence-electron chi connectivity index (χ1n) is 3.31. The highest BCUT2D eigenvalue weighted by atomic mass is 79.9. The van der Waals surface area contributed by atoms with Crippen molar-refractivity contribution >= 4 is 27.5 Å². The lowest BCUT2D eigenvalue weighted by atomic mass is 10.2. The summed E-state index contributed by atoms with van der Waals surface area (Å²) in [5, 5.41) is 9.38. The van der Waals surface area contributed by atoms with E-state index in [4.69, 9.17) is 21.4 Å². The number of hydrogen-bond acceptors (Lipinski definition) is 2. The fourth-order valence-corrected chi connectivity index (χ4v) is 1.53. The van der Waals surface area contributed by atoms with Gasteiger partial charge in [0, 0.05) is 4.47 Å². The predicted octanol–water partition coefficient (Wildman–Crippen LogP) is 2.60. The van der Waals surface area contributed by atoms with E-state index in [1.165, 1.54) is 7.11 Å². The van der Waals surface area contributed by atoms with E-state index in [0.717, 1.165) is 10.0 Å². The molecule has 1 aromatic carbocycles. The van der Waals surface area contributed by atoms with Crippen LogP contribution >= 0.6 is 27.5 Å². The summed E-state index contributed by atoms with van der Waals surface area (Å²) in [7, 11) is 1.54. The van der Waals surface area contributed by atoms with Crippen molar-refractivity contribution < 1.29 is 9.84 Å². The summed E-state index contributed by atoms with van der Waals surface area (Å²) in [4.78, 5) is 0. The SMILES string of the molecule is COc1cc(CO)cc(Br)c1Cl. The number of hydrogen-bond donors (Lipinski definition) is 1. The lowest BCUT2D eigenvalue weighted by Gasteiger charge is -2.06. The van der Waals surface area contributed by atoms with Gasteiger partial charge in [0.25, 0.3) is 0 Å². The Morgan fingerprint density at radius 1 is 1.58 bits per heavy atom. The first-order chi connectivity index (χ1) is 5.69. The van der Waals surface area contributed by atoms with E-state index in [1.807, 2.05) is 0 Å². The molecule has 0 heterocycles. The molecule has 0 bridgehead atoms. The van der Waals surface area contributed by atoms with Gasteiger partial charge in [-0.25, -0.2) is 0 Å². The third-order valence-corrected chi connectivity index (χ3v) is 2.70. The van der Waals surface area contributed by atoms with E-state index in [0.29, 0.717) is 10.8 Å². The number of aliphatic hydroxyl groups is 1. The van der Waals surface area contributed by atoms with E-state index in [2.05, 4.69) is 15.9 Å². The topological polar surface area (TPSA) is 29.5 Å². The molecule has 1 N–H and O–H groups in total. The lowest BCUT2D eigenvalue weighted by Crippen LogP contribution is -1.89. The van der Waals surface area contributed by atoms with Gasteiger partial charge in [0.2, 0.25) is 0 Å². The molecule has 0 saturated heterocycles. The third-order valence-electron chi connectivity index (χ3n) is 1.46. The highest BCUT2D eigenvalue weighted by Gasteiger charge is 2.06. The van der Waals surface area contributed by atoms with Crippen LogP contribution in [0.3, 0.4) is 0 Å². The van der Waals surface area contributed by atoms with E-state index < -0.39 is 0 Å². The Kier molecular flexibility index (Phi) is 3.38. The second-order valence-corrected chi connectivity index (χ2v) is 3.48. The van der Waals surface area contributed by atoms with Gasteiger partial charge in [-0.1, -0.05) is 11.6 Å². The summed E-state index contributed by atoms with van der Waals surface area (Å²) in [5.74, 6) is 0.565. The van der Waals surface area contributed by atoms with Gasteiger partial charge in [-0.15, -0.1) is 0 Å². The molecule has 4 heteroatoms. The van der Waals surface area contributed by atoms with E-state index in [-0.39, 0.29) is 6.61 Å². The number of halogens is 2.